The van der Waals surface area contributed by atoms with Gasteiger partial charge in [-0.25, -0.2) is 13.2 Å². The first-order valence-corrected chi connectivity index (χ1v) is 5.70. The van der Waals surface area contributed by atoms with Crippen LogP contribution in [0.25, 0.3) is 0 Å². The van der Waals surface area contributed by atoms with Crippen molar-refractivity contribution in [2.45, 2.75) is 25.7 Å². The largest absolute Gasteiger partial charge is 0.466 e. The molecule has 18 heavy (non-hydrogen) atoms. The number of alkyl halides is 3. The van der Waals surface area contributed by atoms with Crippen LogP contribution in [0.1, 0.15) is 30.2 Å². The van der Waals surface area contributed by atoms with Crippen molar-refractivity contribution in [2.75, 3.05) is 6.61 Å². The Hall–Kier alpha value is -1.30. The van der Waals surface area contributed by atoms with E-state index in [1.54, 1.807) is 6.92 Å². The second-order valence-electron chi connectivity index (χ2n) is 3.38. The number of nitrogens with zero attached hydrogens (tertiary/aromatic N) is 1. The van der Waals surface area contributed by atoms with Gasteiger partial charge in [0.25, 0.3) is 6.43 Å². The third-order valence-electron chi connectivity index (χ3n) is 2.19. The fraction of sp³-hybridized carbons (Fsp3) is 0.455. The standard InChI is InChI=1S/C11H11ClF3NO2/c1-2-18-8(17)3-7-9(13)6(4-12)5-16-10(7)11(14)15/h5,11H,2-4H2,1H3. The van der Waals surface area contributed by atoms with E-state index in [1.807, 2.05) is 0 Å². The number of rotatable bonds is 5. The van der Waals surface area contributed by atoms with Gasteiger partial charge in [-0.15, -0.1) is 11.6 Å². The lowest BCUT2D eigenvalue weighted by atomic mass is 10.1. The lowest BCUT2D eigenvalue weighted by Crippen LogP contribution is -2.13. The highest BCUT2D eigenvalue weighted by molar-refractivity contribution is 6.17. The molecule has 3 nitrogen and oxygen atoms in total. The Bertz CT molecular complexity index is 441. The van der Waals surface area contributed by atoms with Gasteiger partial charge in [-0.3, -0.25) is 9.78 Å². The fourth-order valence-electron chi connectivity index (χ4n) is 1.39. The van der Waals surface area contributed by atoms with Crippen LogP contribution in [0, 0.1) is 5.82 Å². The fourth-order valence-corrected chi connectivity index (χ4v) is 1.58. The monoisotopic (exact) mass is 281 g/mol. The summed E-state index contributed by atoms with van der Waals surface area (Å²) in [4.78, 5) is 14.7. The van der Waals surface area contributed by atoms with E-state index in [9.17, 15) is 18.0 Å². The molecule has 0 unspecified atom stereocenters. The molecule has 0 aliphatic heterocycles. The number of carbonyl (C=O) groups is 1. The highest BCUT2D eigenvalue weighted by Gasteiger charge is 2.23. The number of ether oxygens (including phenoxy) is 1. The predicted molar refractivity (Wildman–Crippen MR) is 59.0 cm³/mol. The number of hydrogen-bond acceptors (Lipinski definition) is 3. The average molecular weight is 282 g/mol. The zero-order valence-electron chi connectivity index (χ0n) is 9.55. The summed E-state index contributed by atoms with van der Waals surface area (Å²) in [5.41, 5.74) is -1.24. The van der Waals surface area contributed by atoms with Crippen LogP contribution in [0.3, 0.4) is 0 Å². The van der Waals surface area contributed by atoms with Gasteiger partial charge in [0.1, 0.15) is 11.5 Å². The Morgan fingerprint density at radius 2 is 2.22 bits per heavy atom. The number of halogens is 4. The first-order valence-electron chi connectivity index (χ1n) is 5.17. The molecule has 0 spiro atoms. The quantitative estimate of drug-likeness (QED) is 0.615. The molecule has 1 heterocycles. The molecule has 0 fully saturated rings. The summed E-state index contributed by atoms with van der Waals surface area (Å²) in [6, 6.07) is 0. The third-order valence-corrected chi connectivity index (χ3v) is 2.48. The lowest BCUT2D eigenvalue weighted by molar-refractivity contribution is -0.142. The normalized spacial score (nSPS) is 10.8. The number of carbonyl (C=O) groups excluding carboxylic acids is 1. The molecule has 0 amide bonds. The van der Waals surface area contributed by atoms with E-state index in [2.05, 4.69) is 9.72 Å². The van der Waals surface area contributed by atoms with E-state index in [0.29, 0.717) is 0 Å². The van der Waals surface area contributed by atoms with Crippen LogP contribution >= 0.6 is 11.6 Å². The molecule has 0 saturated carbocycles. The van der Waals surface area contributed by atoms with Gasteiger partial charge in [0.15, 0.2) is 0 Å². The van der Waals surface area contributed by atoms with Crippen molar-refractivity contribution in [1.29, 1.82) is 0 Å². The van der Waals surface area contributed by atoms with Gasteiger partial charge in [-0.2, -0.15) is 0 Å². The Morgan fingerprint density at radius 3 is 2.72 bits per heavy atom. The highest BCUT2D eigenvalue weighted by atomic mass is 35.5. The second kappa shape index (κ2) is 6.58. The maximum absolute atomic E-state index is 13.8. The summed E-state index contributed by atoms with van der Waals surface area (Å²) in [5, 5.41) is 0. The molecule has 0 atom stereocenters. The van der Waals surface area contributed by atoms with E-state index >= 15 is 0 Å². The van der Waals surface area contributed by atoms with Crippen LogP contribution < -0.4 is 0 Å². The Balaban J connectivity index is 3.15. The number of esters is 1. The predicted octanol–water partition coefficient (Wildman–Crippen LogP) is 3.00. The highest BCUT2D eigenvalue weighted by Crippen LogP contribution is 2.26. The minimum Gasteiger partial charge on any atom is -0.466 e. The Morgan fingerprint density at radius 1 is 1.56 bits per heavy atom. The number of pyridine rings is 1. The minimum absolute atomic E-state index is 0.0274. The first kappa shape index (κ1) is 14.8. The third kappa shape index (κ3) is 3.35. The SMILES string of the molecule is CCOC(=O)Cc1c(C(F)F)ncc(CCl)c1F. The van der Waals surface area contributed by atoms with Crippen molar-refractivity contribution >= 4 is 17.6 Å². The first-order chi connectivity index (χ1) is 8.51. The minimum atomic E-state index is -2.96. The molecule has 100 valence electrons. The van der Waals surface area contributed by atoms with E-state index in [-0.39, 0.29) is 18.1 Å². The van der Waals surface area contributed by atoms with Gasteiger partial charge in [0.2, 0.25) is 0 Å². The van der Waals surface area contributed by atoms with Crippen molar-refractivity contribution in [1.82, 2.24) is 4.98 Å². The van der Waals surface area contributed by atoms with Crippen LogP contribution in [0.15, 0.2) is 6.20 Å². The molecular formula is C11H11ClF3NO2. The molecule has 0 aliphatic carbocycles. The van der Waals surface area contributed by atoms with Crippen LogP contribution in [0.2, 0.25) is 0 Å². The molecule has 0 bridgehead atoms. The van der Waals surface area contributed by atoms with Crippen molar-refractivity contribution in [2.24, 2.45) is 0 Å². The van der Waals surface area contributed by atoms with Crippen molar-refractivity contribution < 1.29 is 22.7 Å². The Labute approximate surface area is 107 Å². The van der Waals surface area contributed by atoms with Crippen molar-refractivity contribution in [3.05, 3.63) is 28.8 Å². The molecule has 7 heteroatoms. The molecular weight excluding hydrogens is 271 g/mol. The van der Waals surface area contributed by atoms with Crippen molar-refractivity contribution in [3.63, 3.8) is 0 Å². The summed E-state index contributed by atoms with van der Waals surface area (Å²) in [7, 11) is 0. The molecule has 0 aliphatic rings. The maximum Gasteiger partial charge on any atom is 0.310 e. The van der Waals surface area contributed by atoms with Gasteiger partial charge < -0.3 is 4.74 Å². The van der Waals surface area contributed by atoms with Crippen LogP contribution in [-0.4, -0.2) is 17.6 Å². The summed E-state index contributed by atoms with van der Waals surface area (Å²) >= 11 is 5.45. The molecule has 0 saturated heterocycles. The number of aromatic nitrogens is 1. The summed E-state index contributed by atoms with van der Waals surface area (Å²) in [6.07, 6.45) is -2.61. The van der Waals surface area contributed by atoms with Gasteiger partial charge in [-0.1, -0.05) is 0 Å². The van der Waals surface area contributed by atoms with E-state index in [1.165, 1.54) is 0 Å². The van der Waals surface area contributed by atoms with Gasteiger partial charge in [0.05, 0.1) is 18.9 Å². The number of hydrogen-bond donors (Lipinski definition) is 0. The van der Waals surface area contributed by atoms with Crippen LogP contribution in [0.4, 0.5) is 13.2 Å². The zero-order chi connectivity index (χ0) is 13.7. The van der Waals surface area contributed by atoms with E-state index in [4.69, 9.17) is 11.6 Å². The molecule has 0 radical (unpaired) electrons. The smallest absolute Gasteiger partial charge is 0.310 e. The van der Waals surface area contributed by atoms with Gasteiger partial charge >= 0.3 is 5.97 Å². The molecule has 1 rings (SSSR count). The second-order valence-corrected chi connectivity index (χ2v) is 3.64. The maximum atomic E-state index is 13.8. The molecule has 1 aromatic heterocycles. The topological polar surface area (TPSA) is 39.2 Å². The van der Waals surface area contributed by atoms with Crippen LogP contribution in [0.5, 0.6) is 0 Å². The molecule has 0 aromatic carbocycles. The van der Waals surface area contributed by atoms with Gasteiger partial charge in [0, 0.05) is 17.3 Å². The van der Waals surface area contributed by atoms with E-state index < -0.39 is 35.9 Å². The Kier molecular flexibility index (Phi) is 5.40. The average Bonchev–Trinajstić information content (AvgIpc) is 2.31. The summed E-state index contributed by atoms with van der Waals surface area (Å²) in [6.45, 7) is 1.66. The summed E-state index contributed by atoms with van der Waals surface area (Å²) < 4.78 is 43.8. The zero-order valence-corrected chi connectivity index (χ0v) is 10.3. The molecule has 0 N–H and O–H groups in total. The lowest BCUT2D eigenvalue weighted by Gasteiger charge is -2.11. The van der Waals surface area contributed by atoms with Crippen molar-refractivity contribution in [3.8, 4) is 0 Å². The molecule has 1 aromatic rings. The van der Waals surface area contributed by atoms with E-state index in [0.717, 1.165) is 6.20 Å². The van der Waals surface area contributed by atoms with Gasteiger partial charge in [-0.05, 0) is 6.92 Å². The van der Waals surface area contributed by atoms with Crippen LogP contribution in [-0.2, 0) is 21.8 Å². The summed E-state index contributed by atoms with van der Waals surface area (Å²) in [5.74, 6) is -1.92.